The molecule has 4 rings (SSSR count). The number of aromatic nitrogens is 2. The molecule has 2 aliphatic rings. The van der Waals surface area contributed by atoms with E-state index in [1.165, 1.54) is 6.08 Å². The van der Waals surface area contributed by atoms with Crippen LogP contribution >= 0.6 is 0 Å². The average molecular weight is 497 g/mol. The molecule has 0 aliphatic carbocycles. The molecule has 0 bridgehead atoms. The van der Waals surface area contributed by atoms with Crippen LogP contribution in [0.4, 0.5) is 11.5 Å². The molecular formula is C26H36N6O4. The zero-order valence-corrected chi connectivity index (χ0v) is 21.6. The highest BCUT2D eigenvalue weighted by Gasteiger charge is 2.28. The molecule has 3 heterocycles. The van der Waals surface area contributed by atoms with Gasteiger partial charge in [0.15, 0.2) is 0 Å². The molecule has 0 unspecified atom stereocenters. The smallest absolute Gasteiger partial charge is 0.318 e. The zero-order valence-electron chi connectivity index (χ0n) is 21.6. The average Bonchev–Trinajstić information content (AvgIpc) is 2.86. The van der Waals surface area contributed by atoms with E-state index >= 15 is 0 Å². The number of likely N-dealkylation sites (N-methyl/N-ethyl adjacent to an activating group) is 1. The monoisotopic (exact) mass is 496 g/mol. The Bertz CT molecular complexity index is 1080. The summed E-state index contributed by atoms with van der Waals surface area (Å²) in [6.45, 7) is 7.29. The topological polar surface area (TPSA) is 94.5 Å². The summed E-state index contributed by atoms with van der Waals surface area (Å²) in [6, 6.07) is 5.52. The van der Waals surface area contributed by atoms with E-state index in [0.29, 0.717) is 18.3 Å². The van der Waals surface area contributed by atoms with Crippen molar-refractivity contribution < 1.29 is 19.4 Å². The highest BCUT2D eigenvalue weighted by molar-refractivity contribution is 5.65. The minimum absolute atomic E-state index is 0.0675. The van der Waals surface area contributed by atoms with Gasteiger partial charge in [0.05, 0.1) is 25.0 Å². The van der Waals surface area contributed by atoms with Crippen LogP contribution in [0, 0.1) is 0 Å². The van der Waals surface area contributed by atoms with Crippen LogP contribution < -0.4 is 19.3 Å². The van der Waals surface area contributed by atoms with E-state index in [9.17, 15) is 9.90 Å². The first-order valence-electron chi connectivity index (χ1n) is 12.3. The van der Waals surface area contributed by atoms with Gasteiger partial charge >= 0.3 is 6.01 Å². The Labute approximate surface area is 212 Å². The van der Waals surface area contributed by atoms with Crippen molar-refractivity contribution in [2.75, 3.05) is 70.3 Å². The lowest BCUT2D eigenvalue weighted by atomic mass is 10.0. The number of carbonyl (C=O) groups is 1. The van der Waals surface area contributed by atoms with Gasteiger partial charge in [-0.3, -0.25) is 4.79 Å². The van der Waals surface area contributed by atoms with Crippen LogP contribution in [0.15, 0.2) is 30.5 Å². The van der Waals surface area contributed by atoms with Gasteiger partial charge in [-0.15, -0.1) is 0 Å². The summed E-state index contributed by atoms with van der Waals surface area (Å²) < 4.78 is 11.7. The number of benzene rings is 1. The molecule has 2 aromatic rings. The molecule has 1 fully saturated rings. The van der Waals surface area contributed by atoms with Gasteiger partial charge in [-0.1, -0.05) is 0 Å². The standard InChI is InChI=1S/C26H36N6O4/c1-19(17-29(2)3)36-26-27-22-18-32(23-16-20(34)6-7-24(23)35-4)10-8-21(22)25(28-26)31-13-11-30(12-14-31)9-5-15-33/h5-7,9,15-16,19,34H,8,10-14,17-18H2,1-4H3/t19-/m1/s1. The minimum atomic E-state index is -0.0675. The summed E-state index contributed by atoms with van der Waals surface area (Å²) in [6.07, 6.45) is 4.88. The highest BCUT2D eigenvalue weighted by Crippen LogP contribution is 2.37. The van der Waals surface area contributed by atoms with Crippen molar-refractivity contribution >= 4 is 17.8 Å². The quantitative estimate of drug-likeness (QED) is 0.410. The Morgan fingerprint density at radius 2 is 1.92 bits per heavy atom. The molecule has 0 spiro atoms. The molecule has 194 valence electrons. The van der Waals surface area contributed by atoms with Crippen LogP contribution in [-0.4, -0.2) is 97.7 Å². The van der Waals surface area contributed by atoms with Crippen LogP contribution in [0.25, 0.3) is 0 Å². The molecule has 1 aromatic heterocycles. The number of aldehydes is 1. The molecule has 36 heavy (non-hydrogen) atoms. The molecule has 1 N–H and O–H groups in total. The third kappa shape index (κ3) is 5.99. The Morgan fingerprint density at radius 3 is 2.61 bits per heavy atom. The van der Waals surface area contributed by atoms with E-state index in [0.717, 1.165) is 74.7 Å². The highest BCUT2D eigenvalue weighted by atomic mass is 16.5. The SMILES string of the molecule is COc1ccc(O)cc1N1CCc2c(nc(O[C@H](C)CN(C)C)nc2N2CCN(C=CC=O)CC2)C1. The van der Waals surface area contributed by atoms with Crippen molar-refractivity contribution in [1.29, 1.82) is 0 Å². The van der Waals surface area contributed by atoms with Gasteiger partial charge in [-0.2, -0.15) is 9.97 Å². The van der Waals surface area contributed by atoms with Crippen LogP contribution in [0.1, 0.15) is 18.2 Å². The Balaban J connectivity index is 1.63. The van der Waals surface area contributed by atoms with E-state index in [-0.39, 0.29) is 11.9 Å². The first-order chi connectivity index (χ1) is 17.4. The van der Waals surface area contributed by atoms with Crippen molar-refractivity contribution in [2.24, 2.45) is 0 Å². The molecule has 0 radical (unpaired) electrons. The number of hydrogen-bond donors (Lipinski definition) is 1. The number of ether oxygens (including phenoxy) is 2. The molecule has 1 atom stereocenters. The third-order valence-corrected chi connectivity index (χ3v) is 6.44. The maximum Gasteiger partial charge on any atom is 0.318 e. The molecule has 2 aliphatic heterocycles. The number of fused-ring (bicyclic) bond motifs is 1. The molecule has 1 aromatic carbocycles. The normalized spacial score (nSPS) is 16.9. The van der Waals surface area contributed by atoms with Gasteiger partial charge in [0.1, 0.15) is 29.7 Å². The van der Waals surface area contributed by atoms with Gasteiger partial charge in [-0.05, 0) is 45.6 Å². The second-order valence-corrected chi connectivity index (χ2v) is 9.47. The van der Waals surface area contributed by atoms with Crippen molar-refractivity contribution in [1.82, 2.24) is 19.8 Å². The van der Waals surface area contributed by atoms with E-state index in [1.807, 2.05) is 27.2 Å². The Kier molecular flexibility index (Phi) is 8.14. The number of aromatic hydroxyl groups is 1. The first-order valence-corrected chi connectivity index (χ1v) is 12.3. The largest absolute Gasteiger partial charge is 0.508 e. The number of hydrogen-bond acceptors (Lipinski definition) is 10. The second-order valence-electron chi connectivity index (χ2n) is 9.47. The number of allylic oxidation sites excluding steroid dienone is 1. The van der Waals surface area contributed by atoms with Gasteiger partial charge in [0.2, 0.25) is 0 Å². The van der Waals surface area contributed by atoms with Gasteiger partial charge in [0, 0.05) is 57.1 Å². The number of anilines is 2. The van der Waals surface area contributed by atoms with E-state index in [4.69, 9.17) is 19.4 Å². The first kappa shape index (κ1) is 25.6. The maximum atomic E-state index is 10.7. The van der Waals surface area contributed by atoms with E-state index in [2.05, 4.69) is 19.6 Å². The van der Waals surface area contributed by atoms with Crippen molar-refractivity contribution in [3.8, 4) is 17.5 Å². The number of methoxy groups -OCH3 is 1. The second kappa shape index (κ2) is 11.5. The van der Waals surface area contributed by atoms with Crippen LogP contribution in [-0.2, 0) is 17.8 Å². The summed E-state index contributed by atoms with van der Waals surface area (Å²) in [7, 11) is 5.66. The Morgan fingerprint density at radius 1 is 1.14 bits per heavy atom. The van der Waals surface area contributed by atoms with Crippen LogP contribution in [0.3, 0.4) is 0 Å². The van der Waals surface area contributed by atoms with Gasteiger partial charge < -0.3 is 34.2 Å². The third-order valence-electron chi connectivity index (χ3n) is 6.44. The Hall–Kier alpha value is -3.53. The number of phenolic OH excluding ortho intramolecular Hbond substituents is 1. The molecule has 10 nitrogen and oxygen atoms in total. The lowest BCUT2D eigenvalue weighted by Crippen LogP contribution is -2.45. The van der Waals surface area contributed by atoms with Crippen LogP contribution in [0.5, 0.6) is 17.5 Å². The fraction of sp³-hybridized carbons (Fsp3) is 0.500. The summed E-state index contributed by atoms with van der Waals surface area (Å²) in [5.41, 5.74) is 2.89. The number of rotatable bonds is 9. The summed E-state index contributed by atoms with van der Waals surface area (Å²) in [5, 5.41) is 10.1. The minimum Gasteiger partial charge on any atom is -0.508 e. The van der Waals surface area contributed by atoms with Crippen LogP contribution in [0.2, 0.25) is 0 Å². The molecule has 10 heteroatoms. The lowest BCUT2D eigenvalue weighted by Gasteiger charge is -2.38. The maximum absolute atomic E-state index is 10.7. The fourth-order valence-corrected chi connectivity index (χ4v) is 4.81. The zero-order chi connectivity index (χ0) is 25.7. The number of carbonyl (C=O) groups excluding carboxylic acids is 1. The van der Waals surface area contributed by atoms with E-state index in [1.54, 1.807) is 25.3 Å². The van der Waals surface area contributed by atoms with Crippen molar-refractivity contribution in [2.45, 2.75) is 26.0 Å². The number of piperazine rings is 1. The number of phenols is 1. The summed E-state index contributed by atoms with van der Waals surface area (Å²) >= 11 is 0. The van der Waals surface area contributed by atoms with Gasteiger partial charge in [0.25, 0.3) is 0 Å². The van der Waals surface area contributed by atoms with Crippen molar-refractivity contribution in [3.63, 3.8) is 0 Å². The van der Waals surface area contributed by atoms with Gasteiger partial charge in [-0.25, -0.2) is 0 Å². The molecular weight excluding hydrogens is 460 g/mol. The predicted octanol–water partition coefficient (Wildman–Crippen LogP) is 1.92. The predicted molar refractivity (Wildman–Crippen MR) is 139 cm³/mol. The molecule has 0 amide bonds. The summed E-state index contributed by atoms with van der Waals surface area (Å²) in [5.74, 6) is 1.83. The molecule has 0 saturated carbocycles. The van der Waals surface area contributed by atoms with E-state index < -0.39 is 0 Å². The number of nitrogens with zero attached hydrogens (tertiary/aromatic N) is 6. The lowest BCUT2D eigenvalue weighted by molar-refractivity contribution is -0.104. The fourth-order valence-electron chi connectivity index (χ4n) is 4.81. The molecule has 1 saturated heterocycles. The van der Waals surface area contributed by atoms with Crippen molar-refractivity contribution in [3.05, 3.63) is 41.7 Å². The summed E-state index contributed by atoms with van der Waals surface area (Å²) in [4.78, 5) is 29.1.